The van der Waals surface area contributed by atoms with Gasteiger partial charge in [0.1, 0.15) is 0 Å². The average Bonchev–Trinajstić information content (AvgIpc) is 2.28. The fourth-order valence-electron chi connectivity index (χ4n) is 2.29. The van der Waals surface area contributed by atoms with Crippen molar-refractivity contribution in [1.29, 1.82) is 0 Å². The molecule has 1 aromatic carbocycles. The second-order valence-corrected chi connectivity index (χ2v) is 4.84. The van der Waals surface area contributed by atoms with E-state index in [1.807, 2.05) is 38.2 Å². The third kappa shape index (κ3) is 2.59. The highest BCUT2D eigenvalue weighted by Gasteiger charge is 2.31. The van der Waals surface area contributed by atoms with Crippen LogP contribution in [0.3, 0.4) is 0 Å². The minimum absolute atomic E-state index is 0.0969. The molecule has 1 aliphatic rings. The number of nitrogens with zero attached hydrogens (tertiary/aromatic N) is 1. The van der Waals surface area contributed by atoms with Crippen LogP contribution in [0.1, 0.15) is 25.3 Å². The van der Waals surface area contributed by atoms with Crippen molar-refractivity contribution in [2.75, 3.05) is 11.9 Å². The number of carbonyl (C=O) groups is 2. The lowest BCUT2D eigenvalue weighted by atomic mass is 9.97. The van der Waals surface area contributed by atoms with Gasteiger partial charge in [0.2, 0.25) is 11.8 Å². The Bertz CT molecular complexity index is 453. The summed E-state index contributed by atoms with van der Waals surface area (Å²) in [6.07, 6.45) is 0.893. The number of rotatable bonds is 3. The Morgan fingerprint density at radius 2 is 1.94 bits per heavy atom. The number of carbonyl (C=O) groups excluding carboxylic acids is 2. The van der Waals surface area contributed by atoms with E-state index in [0.29, 0.717) is 18.5 Å². The lowest BCUT2D eigenvalue weighted by Gasteiger charge is -2.28. The molecule has 18 heavy (non-hydrogen) atoms. The van der Waals surface area contributed by atoms with Crippen molar-refractivity contribution in [2.45, 2.75) is 26.3 Å². The van der Waals surface area contributed by atoms with Crippen molar-refractivity contribution in [1.82, 2.24) is 5.32 Å². The molecule has 0 aromatic heterocycles. The van der Waals surface area contributed by atoms with Gasteiger partial charge in [-0.15, -0.1) is 0 Å². The molecule has 0 atom stereocenters. The highest BCUT2D eigenvalue weighted by atomic mass is 16.2. The summed E-state index contributed by atoms with van der Waals surface area (Å²) in [7, 11) is 1.87. The standard InChI is InChI=1S/C14H18N2O2/c1-10-6-13(17)16(14(18)7-10)12-5-3-4-11(8-12)9-15-2/h3-5,8,10,15H,6-7,9H2,1-2H3. The molecule has 2 amide bonds. The van der Waals surface area contributed by atoms with Gasteiger partial charge in [0.15, 0.2) is 0 Å². The van der Waals surface area contributed by atoms with Crippen LogP contribution < -0.4 is 10.2 Å². The van der Waals surface area contributed by atoms with Crippen LogP contribution in [0.15, 0.2) is 24.3 Å². The smallest absolute Gasteiger partial charge is 0.234 e. The molecule has 1 N–H and O–H groups in total. The molecule has 1 aromatic rings. The largest absolute Gasteiger partial charge is 0.316 e. The average molecular weight is 246 g/mol. The highest BCUT2D eigenvalue weighted by molar-refractivity contribution is 6.16. The molecular formula is C14H18N2O2. The molecule has 0 spiro atoms. The third-order valence-electron chi connectivity index (χ3n) is 3.09. The second-order valence-electron chi connectivity index (χ2n) is 4.84. The zero-order valence-corrected chi connectivity index (χ0v) is 10.8. The van der Waals surface area contributed by atoms with Crippen molar-refractivity contribution in [3.05, 3.63) is 29.8 Å². The van der Waals surface area contributed by atoms with E-state index in [0.717, 1.165) is 12.1 Å². The van der Waals surface area contributed by atoms with Crippen molar-refractivity contribution < 1.29 is 9.59 Å². The fraction of sp³-hybridized carbons (Fsp3) is 0.429. The van der Waals surface area contributed by atoms with Gasteiger partial charge in [-0.1, -0.05) is 19.1 Å². The fourth-order valence-corrected chi connectivity index (χ4v) is 2.29. The lowest BCUT2D eigenvalue weighted by molar-refractivity contribution is -0.130. The Hall–Kier alpha value is -1.68. The predicted octanol–water partition coefficient (Wildman–Crippen LogP) is 1.70. The molecule has 0 unspecified atom stereocenters. The number of anilines is 1. The SMILES string of the molecule is CNCc1cccc(N2C(=O)CC(C)CC2=O)c1. The molecule has 0 saturated carbocycles. The van der Waals surface area contributed by atoms with Crippen LogP contribution in [0.25, 0.3) is 0 Å². The van der Waals surface area contributed by atoms with Gasteiger partial charge in [-0.3, -0.25) is 14.5 Å². The first-order valence-corrected chi connectivity index (χ1v) is 6.21. The Labute approximate surface area is 107 Å². The number of benzene rings is 1. The molecular weight excluding hydrogens is 228 g/mol. The topological polar surface area (TPSA) is 49.4 Å². The summed E-state index contributed by atoms with van der Waals surface area (Å²) in [6, 6.07) is 7.55. The first-order valence-electron chi connectivity index (χ1n) is 6.21. The van der Waals surface area contributed by atoms with Gasteiger partial charge in [0, 0.05) is 19.4 Å². The summed E-state index contributed by atoms with van der Waals surface area (Å²) >= 11 is 0. The van der Waals surface area contributed by atoms with Crippen molar-refractivity contribution >= 4 is 17.5 Å². The Morgan fingerprint density at radius 3 is 2.56 bits per heavy atom. The van der Waals surface area contributed by atoms with E-state index in [1.165, 1.54) is 4.90 Å². The second kappa shape index (κ2) is 5.31. The molecule has 0 aliphatic carbocycles. The molecule has 4 nitrogen and oxygen atoms in total. The van der Waals surface area contributed by atoms with Crippen LogP contribution in [0, 0.1) is 5.92 Å². The number of hydrogen-bond acceptors (Lipinski definition) is 3. The van der Waals surface area contributed by atoms with E-state index in [2.05, 4.69) is 5.32 Å². The zero-order valence-electron chi connectivity index (χ0n) is 10.8. The maximum absolute atomic E-state index is 12.0. The van der Waals surface area contributed by atoms with Crippen molar-refractivity contribution in [3.8, 4) is 0 Å². The van der Waals surface area contributed by atoms with Crippen LogP contribution in [0.4, 0.5) is 5.69 Å². The summed E-state index contributed by atoms with van der Waals surface area (Å²) in [5.41, 5.74) is 1.75. The van der Waals surface area contributed by atoms with Crippen LogP contribution in [0.5, 0.6) is 0 Å². The van der Waals surface area contributed by atoms with Gasteiger partial charge in [-0.05, 0) is 30.7 Å². The molecule has 1 fully saturated rings. The molecule has 0 bridgehead atoms. The van der Waals surface area contributed by atoms with E-state index >= 15 is 0 Å². The molecule has 2 rings (SSSR count). The molecule has 4 heteroatoms. The summed E-state index contributed by atoms with van der Waals surface area (Å²) in [5.74, 6) is -0.0394. The number of hydrogen-bond donors (Lipinski definition) is 1. The van der Waals surface area contributed by atoms with Gasteiger partial charge < -0.3 is 5.32 Å². The van der Waals surface area contributed by atoms with Gasteiger partial charge in [-0.25, -0.2) is 0 Å². The maximum Gasteiger partial charge on any atom is 0.234 e. The summed E-state index contributed by atoms with van der Waals surface area (Å²) < 4.78 is 0. The molecule has 96 valence electrons. The normalized spacial score (nSPS) is 17.3. The highest BCUT2D eigenvalue weighted by Crippen LogP contribution is 2.25. The molecule has 1 heterocycles. The third-order valence-corrected chi connectivity index (χ3v) is 3.09. The van der Waals surface area contributed by atoms with Crippen molar-refractivity contribution in [3.63, 3.8) is 0 Å². The minimum atomic E-state index is -0.0969. The van der Waals surface area contributed by atoms with Crippen molar-refractivity contribution in [2.24, 2.45) is 5.92 Å². The quantitative estimate of drug-likeness (QED) is 0.826. The molecule has 1 saturated heterocycles. The number of imide groups is 1. The van der Waals surface area contributed by atoms with E-state index in [9.17, 15) is 9.59 Å². The summed E-state index contributed by atoms with van der Waals surface area (Å²) in [5, 5.41) is 3.06. The van der Waals surface area contributed by atoms with Crippen LogP contribution >= 0.6 is 0 Å². The molecule has 0 radical (unpaired) electrons. The Morgan fingerprint density at radius 1 is 1.28 bits per heavy atom. The minimum Gasteiger partial charge on any atom is -0.316 e. The number of piperidine rings is 1. The van der Waals surface area contributed by atoms with Gasteiger partial charge >= 0.3 is 0 Å². The number of nitrogens with one attached hydrogen (secondary N) is 1. The van der Waals surface area contributed by atoms with Crippen LogP contribution in [-0.4, -0.2) is 18.9 Å². The summed E-state index contributed by atoms with van der Waals surface area (Å²) in [6.45, 7) is 2.66. The first-order chi connectivity index (χ1) is 8.61. The Kier molecular flexibility index (Phi) is 3.77. The van der Waals surface area contributed by atoms with E-state index in [1.54, 1.807) is 0 Å². The van der Waals surface area contributed by atoms with E-state index in [4.69, 9.17) is 0 Å². The Balaban J connectivity index is 2.27. The maximum atomic E-state index is 12.0. The van der Waals surface area contributed by atoms with Gasteiger partial charge in [0.25, 0.3) is 0 Å². The lowest BCUT2D eigenvalue weighted by Crippen LogP contribution is -2.42. The first kappa shape index (κ1) is 12.8. The molecule has 1 aliphatic heterocycles. The monoisotopic (exact) mass is 246 g/mol. The predicted molar refractivity (Wildman–Crippen MR) is 70.1 cm³/mol. The van der Waals surface area contributed by atoms with Gasteiger partial charge in [-0.2, -0.15) is 0 Å². The van der Waals surface area contributed by atoms with Crippen LogP contribution in [0.2, 0.25) is 0 Å². The van der Waals surface area contributed by atoms with E-state index in [-0.39, 0.29) is 17.7 Å². The zero-order chi connectivity index (χ0) is 13.1. The summed E-state index contributed by atoms with van der Waals surface area (Å²) in [4.78, 5) is 25.3. The van der Waals surface area contributed by atoms with E-state index < -0.39 is 0 Å². The number of amides is 2. The van der Waals surface area contributed by atoms with Gasteiger partial charge in [0.05, 0.1) is 5.69 Å². The van der Waals surface area contributed by atoms with Crippen LogP contribution in [-0.2, 0) is 16.1 Å².